The van der Waals surface area contributed by atoms with Crippen molar-refractivity contribution in [2.24, 2.45) is 4.99 Å². The normalized spacial score (nSPS) is 20.4. The van der Waals surface area contributed by atoms with Gasteiger partial charge in [0.1, 0.15) is 5.82 Å². The summed E-state index contributed by atoms with van der Waals surface area (Å²) in [5.74, 6) is 0.500. The van der Waals surface area contributed by atoms with Gasteiger partial charge in [-0.1, -0.05) is 6.07 Å². The maximum atomic E-state index is 11.8. The Kier molecular flexibility index (Phi) is 4.77. The minimum atomic E-state index is -0.652. The molecule has 21 heavy (non-hydrogen) atoms. The van der Waals surface area contributed by atoms with Crippen LogP contribution < -0.4 is 4.90 Å². The molecule has 0 spiro atoms. The van der Waals surface area contributed by atoms with E-state index in [0.29, 0.717) is 12.6 Å². The van der Waals surface area contributed by atoms with Gasteiger partial charge in [0.2, 0.25) is 0 Å². The van der Waals surface area contributed by atoms with Gasteiger partial charge in [-0.2, -0.15) is 0 Å². The van der Waals surface area contributed by atoms with Crippen LogP contribution in [-0.2, 0) is 14.3 Å². The summed E-state index contributed by atoms with van der Waals surface area (Å²) in [7, 11) is 1.99. The lowest BCUT2D eigenvalue weighted by Gasteiger charge is -2.23. The van der Waals surface area contributed by atoms with Crippen LogP contribution in [0.4, 0.5) is 5.82 Å². The lowest BCUT2D eigenvalue weighted by molar-refractivity contribution is -0.146. The molecule has 2 rings (SSSR count). The average molecular weight is 291 g/mol. The molecule has 1 aliphatic heterocycles. The zero-order valence-corrected chi connectivity index (χ0v) is 12.8. The Morgan fingerprint density at radius 3 is 2.81 bits per heavy atom. The molecule has 0 saturated heterocycles. The first kappa shape index (κ1) is 15.3. The van der Waals surface area contributed by atoms with E-state index in [2.05, 4.69) is 28.7 Å². The standard InChI is InChI=1S/C15H21N3O3/c1-5-20-15(19)13-14(21-9-17-13)11-6-7-12(16-8-11)18(4)10(2)3/h6-10,13-14H,5H2,1-4H3/t13-,14+/m1/s1. The van der Waals surface area contributed by atoms with Crippen LogP contribution in [-0.4, -0.2) is 43.1 Å². The van der Waals surface area contributed by atoms with Crippen LogP contribution >= 0.6 is 0 Å². The highest BCUT2D eigenvalue weighted by atomic mass is 16.5. The second-order valence-electron chi connectivity index (χ2n) is 5.16. The minimum absolute atomic E-state index is 0.327. The van der Waals surface area contributed by atoms with E-state index in [9.17, 15) is 4.79 Å². The second kappa shape index (κ2) is 6.56. The van der Waals surface area contributed by atoms with E-state index in [4.69, 9.17) is 9.47 Å². The molecule has 0 N–H and O–H groups in total. The molecule has 0 bridgehead atoms. The third kappa shape index (κ3) is 3.32. The molecule has 2 atom stereocenters. The first-order valence-corrected chi connectivity index (χ1v) is 7.07. The third-order valence-corrected chi connectivity index (χ3v) is 3.48. The number of anilines is 1. The molecule has 0 aliphatic carbocycles. The first-order chi connectivity index (χ1) is 10.0. The molecule has 1 aliphatic rings. The van der Waals surface area contributed by atoms with E-state index in [0.717, 1.165) is 11.4 Å². The fourth-order valence-electron chi connectivity index (χ4n) is 2.03. The largest absolute Gasteiger partial charge is 0.473 e. The number of hydrogen-bond acceptors (Lipinski definition) is 6. The zero-order chi connectivity index (χ0) is 15.4. The predicted octanol–water partition coefficient (Wildman–Crippen LogP) is 1.96. The topological polar surface area (TPSA) is 64.0 Å². The maximum Gasteiger partial charge on any atom is 0.335 e. The van der Waals surface area contributed by atoms with Crippen molar-refractivity contribution in [2.75, 3.05) is 18.6 Å². The maximum absolute atomic E-state index is 11.8. The molecular formula is C15H21N3O3. The summed E-state index contributed by atoms with van der Waals surface area (Å²) >= 11 is 0. The number of carbonyl (C=O) groups excluding carboxylic acids is 1. The molecule has 1 aromatic heterocycles. The van der Waals surface area contributed by atoms with E-state index >= 15 is 0 Å². The fraction of sp³-hybridized carbons (Fsp3) is 0.533. The Labute approximate surface area is 124 Å². The molecule has 0 amide bonds. The van der Waals surface area contributed by atoms with Crippen LogP contribution in [0.2, 0.25) is 0 Å². The summed E-state index contributed by atoms with van der Waals surface area (Å²) < 4.78 is 10.4. The molecule has 0 unspecified atom stereocenters. The summed E-state index contributed by atoms with van der Waals surface area (Å²) in [4.78, 5) is 22.4. The molecule has 6 nitrogen and oxygen atoms in total. The molecule has 1 aromatic rings. The van der Waals surface area contributed by atoms with Crippen molar-refractivity contribution in [3.63, 3.8) is 0 Å². The van der Waals surface area contributed by atoms with Gasteiger partial charge in [0, 0.05) is 24.8 Å². The van der Waals surface area contributed by atoms with Gasteiger partial charge in [-0.3, -0.25) is 0 Å². The van der Waals surface area contributed by atoms with Crippen LogP contribution in [0.5, 0.6) is 0 Å². The summed E-state index contributed by atoms with van der Waals surface area (Å²) in [6.45, 7) is 6.29. The summed E-state index contributed by atoms with van der Waals surface area (Å²) in [6, 6.07) is 3.54. The van der Waals surface area contributed by atoms with E-state index in [1.807, 2.05) is 19.2 Å². The number of aromatic nitrogens is 1. The Bertz CT molecular complexity index is 513. The summed E-state index contributed by atoms with van der Waals surface area (Å²) in [6.07, 6.45) is 2.56. The molecule has 6 heteroatoms. The lowest BCUT2D eigenvalue weighted by atomic mass is 10.1. The van der Waals surface area contributed by atoms with E-state index in [1.165, 1.54) is 6.40 Å². The van der Waals surface area contributed by atoms with Gasteiger partial charge in [0.05, 0.1) is 6.61 Å². The quantitative estimate of drug-likeness (QED) is 0.776. The number of ether oxygens (including phenoxy) is 2. The number of rotatable bonds is 5. The Morgan fingerprint density at radius 1 is 1.48 bits per heavy atom. The Balaban J connectivity index is 2.13. The van der Waals surface area contributed by atoms with Crippen molar-refractivity contribution in [3.05, 3.63) is 23.9 Å². The summed E-state index contributed by atoms with van der Waals surface area (Å²) in [5.41, 5.74) is 0.812. The second-order valence-corrected chi connectivity index (χ2v) is 5.16. The van der Waals surface area contributed by atoms with Crippen LogP contribution in [0.25, 0.3) is 0 Å². The molecular weight excluding hydrogens is 270 g/mol. The van der Waals surface area contributed by atoms with Gasteiger partial charge in [-0.25, -0.2) is 14.8 Å². The van der Waals surface area contributed by atoms with Gasteiger partial charge >= 0.3 is 5.97 Å². The highest BCUT2D eigenvalue weighted by Crippen LogP contribution is 2.28. The van der Waals surface area contributed by atoms with Crippen molar-refractivity contribution in [2.45, 2.75) is 39.0 Å². The number of aliphatic imine (C=N–C) groups is 1. The summed E-state index contributed by atoms with van der Waals surface area (Å²) in [5, 5.41) is 0. The smallest absolute Gasteiger partial charge is 0.335 e. The molecule has 0 saturated carbocycles. The molecule has 0 aromatic carbocycles. The number of carbonyl (C=O) groups is 1. The lowest BCUT2D eigenvalue weighted by Crippen LogP contribution is -2.28. The molecule has 2 heterocycles. The molecule has 0 fully saturated rings. The van der Waals surface area contributed by atoms with E-state index in [-0.39, 0.29) is 5.97 Å². The van der Waals surface area contributed by atoms with Crippen molar-refractivity contribution in [1.29, 1.82) is 0 Å². The van der Waals surface area contributed by atoms with Gasteiger partial charge < -0.3 is 14.4 Å². The fourth-order valence-corrected chi connectivity index (χ4v) is 2.03. The van der Waals surface area contributed by atoms with Crippen LogP contribution in [0.15, 0.2) is 23.3 Å². The highest BCUT2D eigenvalue weighted by molar-refractivity contribution is 5.80. The van der Waals surface area contributed by atoms with Crippen LogP contribution in [0, 0.1) is 0 Å². The number of esters is 1. The first-order valence-electron chi connectivity index (χ1n) is 7.07. The monoisotopic (exact) mass is 291 g/mol. The van der Waals surface area contributed by atoms with Gasteiger partial charge in [0.25, 0.3) is 0 Å². The number of hydrogen-bond donors (Lipinski definition) is 0. The van der Waals surface area contributed by atoms with Crippen molar-refractivity contribution in [1.82, 2.24) is 4.98 Å². The van der Waals surface area contributed by atoms with Crippen molar-refractivity contribution < 1.29 is 14.3 Å². The van der Waals surface area contributed by atoms with Gasteiger partial charge in [0.15, 0.2) is 18.5 Å². The number of nitrogens with zero attached hydrogens (tertiary/aromatic N) is 3. The van der Waals surface area contributed by atoms with Gasteiger partial charge in [-0.15, -0.1) is 0 Å². The SMILES string of the molecule is CCOC(=O)[C@@H]1N=CO[C@H]1c1ccc(N(C)C(C)C)nc1. The van der Waals surface area contributed by atoms with Gasteiger partial charge in [-0.05, 0) is 26.8 Å². The minimum Gasteiger partial charge on any atom is -0.473 e. The molecule has 114 valence electrons. The van der Waals surface area contributed by atoms with Crippen molar-refractivity contribution >= 4 is 18.2 Å². The predicted molar refractivity (Wildman–Crippen MR) is 80.5 cm³/mol. The van der Waals surface area contributed by atoms with Crippen LogP contribution in [0.3, 0.4) is 0 Å². The zero-order valence-electron chi connectivity index (χ0n) is 12.8. The van der Waals surface area contributed by atoms with Crippen molar-refractivity contribution in [3.8, 4) is 0 Å². The molecule has 0 radical (unpaired) electrons. The van der Waals surface area contributed by atoms with Crippen LogP contribution in [0.1, 0.15) is 32.4 Å². The average Bonchev–Trinajstić information content (AvgIpc) is 2.96. The highest BCUT2D eigenvalue weighted by Gasteiger charge is 2.35. The van der Waals surface area contributed by atoms with E-state index < -0.39 is 12.1 Å². The number of pyridine rings is 1. The Morgan fingerprint density at radius 2 is 2.24 bits per heavy atom. The van der Waals surface area contributed by atoms with E-state index in [1.54, 1.807) is 13.1 Å². The Hall–Kier alpha value is -2.11. The third-order valence-electron chi connectivity index (χ3n) is 3.48.